The van der Waals surface area contributed by atoms with Crippen molar-refractivity contribution in [3.8, 4) is 11.4 Å². The van der Waals surface area contributed by atoms with Gasteiger partial charge in [-0.1, -0.05) is 55.5 Å². The summed E-state index contributed by atoms with van der Waals surface area (Å²) in [5, 5.41) is 0. The molecule has 29 heavy (non-hydrogen) atoms. The second-order valence-corrected chi connectivity index (χ2v) is 7.67. The van der Waals surface area contributed by atoms with Gasteiger partial charge in [-0.3, -0.25) is 4.79 Å². The van der Waals surface area contributed by atoms with E-state index in [0.717, 1.165) is 37.2 Å². The molecular weight excluding hydrogens is 360 g/mol. The molecule has 148 valence electrons. The number of benzene rings is 2. The van der Waals surface area contributed by atoms with Crippen molar-refractivity contribution >= 4 is 17.4 Å². The van der Waals surface area contributed by atoms with Crippen molar-refractivity contribution < 1.29 is 4.79 Å². The molecule has 0 N–H and O–H groups in total. The number of carbonyl (C=O) groups excluding carboxylic acids is 1. The van der Waals surface area contributed by atoms with Gasteiger partial charge in [0.05, 0.1) is 0 Å². The number of para-hydroxylation sites is 1. The number of amides is 1. The van der Waals surface area contributed by atoms with E-state index in [9.17, 15) is 4.79 Å². The molecule has 5 nitrogen and oxygen atoms in total. The van der Waals surface area contributed by atoms with Crippen LogP contribution >= 0.6 is 0 Å². The number of piperidine rings is 1. The first-order chi connectivity index (χ1) is 14.1. The van der Waals surface area contributed by atoms with E-state index in [0.29, 0.717) is 23.3 Å². The van der Waals surface area contributed by atoms with E-state index in [1.54, 1.807) is 6.07 Å². The zero-order valence-electron chi connectivity index (χ0n) is 17.0. The third-order valence-electron chi connectivity index (χ3n) is 5.52. The van der Waals surface area contributed by atoms with Crippen molar-refractivity contribution in [2.24, 2.45) is 5.92 Å². The highest BCUT2D eigenvalue weighted by atomic mass is 16.2. The number of hydrogen-bond donors (Lipinski definition) is 0. The monoisotopic (exact) mass is 386 g/mol. The molecule has 4 rings (SSSR count). The molecule has 1 fully saturated rings. The van der Waals surface area contributed by atoms with Crippen LogP contribution in [0, 0.1) is 5.92 Å². The van der Waals surface area contributed by atoms with Gasteiger partial charge in [-0.15, -0.1) is 0 Å². The predicted molar refractivity (Wildman–Crippen MR) is 116 cm³/mol. The molecule has 0 saturated carbocycles. The van der Waals surface area contributed by atoms with Gasteiger partial charge >= 0.3 is 0 Å². The topological polar surface area (TPSA) is 49.3 Å². The summed E-state index contributed by atoms with van der Waals surface area (Å²) in [7, 11) is 1.96. The molecule has 1 aliphatic heterocycles. The minimum atomic E-state index is -0.0146. The Hall–Kier alpha value is -3.21. The van der Waals surface area contributed by atoms with Crippen molar-refractivity contribution in [1.82, 2.24) is 14.9 Å². The van der Waals surface area contributed by atoms with Crippen molar-refractivity contribution in [2.75, 3.05) is 25.0 Å². The maximum absolute atomic E-state index is 13.2. The fourth-order valence-corrected chi connectivity index (χ4v) is 3.59. The summed E-state index contributed by atoms with van der Waals surface area (Å²) < 4.78 is 0. The minimum absolute atomic E-state index is 0.0146. The van der Waals surface area contributed by atoms with E-state index >= 15 is 0 Å². The Morgan fingerprint density at radius 2 is 1.59 bits per heavy atom. The third-order valence-corrected chi connectivity index (χ3v) is 5.52. The standard InChI is InChI=1S/C24H26N4O/c1-18-13-15-28(16-14-18)24(29)21-17-22(27(2)20-11-7-4-8-12-20)26-23(25-21)19-9-5-3-6-10-19/h3-12,17-18H,13-16H2,1-2H3. The van der Waals surface area contributed by atoms with Crippen molar-refractivity contribution in [3.63, 3.8) is 0 Å². The molecule has 1 saturated heterocycles. The molecule has 1 aromatic heterocycles. The van der Waals surface area contributed by atoms with Crippen LogP contribution in [-0.2, 0) is 0 Å². The molecule has 0 spiro atoms. The first-order valence-electron chi connectivity index (χ1n) is 10.1. The zero-order chi connectivity index (χ0) is 20.2. The van der Waals surface area contributed by atoms with Gasteiger partial charge < -0.3 is 9.80 Å². The van der Waals surface area contributed by atoms with E-state index in [2.05, 4.69) is 11.9 Å². The number of anilines is 2. The van der Waals surface area contributed by atoms with E-state index in [1.165, 1.54) is 0 Å². The van der Waals surface area contributed by atoms with Gasteiger partial charge in [0.15, 0.2) is 5.82 Å². The first kappa shape index (κ1) is 19.1. The average molecular weight is 386 g/mol. The molecule has 0 aliphatic carbocycles. The lowest BCUT2D eigenvalue weighted by Gasteiger charge is -2.30. The molecule has 2 heterocycles. The Morgan fingerprint density at radius 1 is 0.966 bits per heavy atom. The molecule has 0 bridgehead atoms. The summed E-state index contributed by atoms with van der Waals surface area (Å²) in [5.74, 6) is 1.93. The van der Waals surface area contributed by atoms with Crippen molar-refractivity contribution in [1.29, 1.82) is 0 Å². The maximum Gasteiger partial charge on any atom is 0.272 e. The van der Waals surface area contributed by atoms with Crippen LogP contribution in [0.3, 0.4) is 0 Å². The van der Waals surface area contributed by atoms with Crippen LogP contribution in [0.25, 0.3) is 11.4 Å². The second-order valence-electron chi connectivity index (χ2n) is 7.67. The first-order valence-corrected chi connectivity index (χ1v) is 10.1. The largest absolute Gasteiger partial charge is 0.337 e. The summed E-state index contributed by atoms with van der Waals surface area (Å²) >= 11 is 0. The Balaban J connectivity index is 1.73. The molecule has 0 unspecified atom stereocenters. The number of nitrogens with zero attached hydrogens (tertiary/aromatic N) is 4. The average Bonchev–Trinajstić information content (AvgIpc) is 2.79. The number of rotatable bonds is 4. The molecular formula is C24H26N4O. The van der Waals surface area contributed by atoms with Crippen LogP contribution in [-0.4, -0.2) is 40.9 Å². The number of hydrogen-bond acceptors (Lipinski definition) is 4. The quantitative estimate of drug-likeness (QED) is 0.647. The highest BCUT2D eigenvalue weighted by Crippen LogP contribution is 2.26. The molecule has 2 aromatic carbocycles. The lowest BCUT2D eigenvalue weighted by atomic mass is 9.99. The van der Waals surface area contributed by atoms with Crippen LogP contribution in [0.4, 0.5) is 11.5 Å². The van der Waals surface area contributed by atoms with Gasteiger partial charge in [-0.05, 0) is 30.9 Å². The van der Waals surface area contributed by atoms with Crippen LogP contribution in [0.5, 0.6) is 0 Å². The zero-order valence-corrected chi connectivity index (χ0v) is 17.0. The molecule has 0 atom stereocenters. The van der Waals surface area contributed by atoms with E-state index in [-0.39, 0.29) is 5.91 Å². The fourth-order valence-electron chi connectivity index (χ4n) is 3.59. The van der Waals surface area contributed by atoms with E-state index in [4.69, 9.17) is 4.98 Å². The summed E-state index contributed by atoms with van der Waals surface area (Å²) in [6.45, 7) is 3.82. The normalized spacial score (nSPS) is 14.6. The highest BCUT2D eigenvalue weighted by Gasteiger charge is 2.24. The summed E-state index contributed by atoms with van der Waals surface area (Å²) in [6, 6.07) is 21.6. The number of likely N-dealkylation sites (tertiary alicyclic amines) is 1. The lowest BCUT2D eigenvalue weighted by Crippen LogP contribution is -2.38. The maximum atomic E-state index is 13.2. The Labute approximate surface area is 172 Å². The Morgan fingerprint density at radius 3 is 2.24 bits per heavy atom. The lowest BCUT2D eigenvalue weighted by molar-refractivity contribution is 0.0691. The third kappa shape index (κ3) is 4.29. The SMILES string of the molecule is CC1CCN(C(=O)c2cc(N(C)c3ccccc3)nc(-c3ccccc3)n2)CC1. The summed E-state index contributed by atoms with van der Waals surface area (Å²) in [4.78, 5) is 26.5. The Kier molecular flexibility index (Phi) is 5.56. The Bertz CT molecular complexity index is 967. The molecule has 3 aromatic rings. The van der Waals surface area contributed by atoms with Crippen molar-refractivity contribution in [3.05, 3.63) is 72.4 Å². The van der Waals surface area contributed by atoms with E-state index in [1.807, 2.05) is 77.5 Å². The van der Waals surface area contributed by atoms with Gasteiger partial charge in [-0.25, -0.2) is 9.97 Å². The van der Waals surface area contributed by atoms with Gasteiger partial charge in [0.25, 0.3) is 5.91 Å². The molecule has 0 radical (unpaired) electrons. The molecule has 5 heteroatoms. The highest BCUT2D eigenvalue weighted by molar-refractivity contribution is 5.93. The number of aromatic nitrogens is 2. The summed E-state index contributed by atoms with van der Waals surface area (Å²) in [5.41, 5.74) is 2.36. The van der Waals surface area contributed by atoms with Crippen LogP contribution in [0.1, 0.15) is 30.3 Å². The van der Waals surface area contributed by atoms with Gasteiger partial charge in [0.2, 0.25) is 0 Å². The van der Waals surface area contributed by atoms with Gasteiger partial charge in [0, 0.05) is 37.5 Å². The van der Waals surface area contributed by atoms with Crippen LogP contribution in [0.2, 0.25) is 0 Å². The van der Waals surface area contributed by atoms with Gasteiger partial charge in [0.1, 0.15) is 11.5 Å². The van der Waals surface area contributed by atoms with Crippen molar-refractivity contribution in [2.45, 2.75) is 19.8 Å². The van der Waals surface area contributed by atoms with E-state index < -0.39 is 0 Å². The minimum Gasteiger partial charge on any atom is -0.337 e. The second kappa shape index (κ2) is 8.43. The molecule has 1 aliphatic rings. The van der Waals surface area contributed by atoms with Gasteiger partial charge in [-0.2, -0.15) is 0 Å². The summed E-state index contributed by atoms with van der Waals surface area (Å²) in [6.07, 6.45) is 2.08. The predicted octanol–water partition coefficient (Wildman–Crippen LogP) is 4.78. The fraction of sp³-hybridized carbons (Fsp3) is 0.292. The van der Waals surface area contributed by atoms with Crippen LogP contribution < -0.4 is 4.90 Å². The molecule has 1 amide bonds. The smallest absolute Gasteiger partial charge is 0.272 e. The van der Waals surface area contributed by atoms with Crippen LogP contribution in [0.15, 0.2) is 66.7 Å². The number of carbonyl (C=O) groups is 1.